The van der Waals surface area contributed by atoms with Gasteiger partial charge in [-0.3, -0.25) is 10.1 Å². The van der Waals surface area contributed by atoms with Crippen LogP contribution >= 0.6 is 0 Å². The first-order chi connectivity index (χ1) is 12.9. The average molecular weight is 378 g/mol. The summed E-state index contributed by atoms with van der Waals surface area (Å²) >= 11 is 0. The molecule has 0 aromatic heterocycles. The standard InChI is InChI=1S/C19H26N2O6/c1-4-6-11-26-15-9-7-14(12-16(15)25-5-2)8-10-17(22)27-13(3)18(23)21-19(20)24/h7-10,12-13H,4-6,11H2,1-3H3,(H3,20,21,23,24)/b10-8+. The molecule has 0 saturated carbocycles. The predicted octanol–water partition coefficient (Wildman–Crippen LogP) is 2.40. The Morgan fingerprint density at radius 2 is 1.93 bits per heavy atom. The fourth-order valence-electron chi connectivity index (χ4n) is 2.00. The minimum absolute atomic E-state index is 0.478. The summed E-state index contributed by atoms with van der Waals surface area (Å²) in [5, 5.41) is 1.84. The van der Waals surface area contributed by atoms with E-state index in [0.717, 1.165) is 12.8 Å². The van der Waals surface area contributed by atoms with Gasteiger partial charge >= 0.3 is 12.0 Å². The quantitative estimate of drug-likeness (QED) is 0.367. The predicted molar refractivity (Wildman–Crippen MR) is 100 cm³/mol. The van der Waals surface area contributed by atoms with Gasteiger partial charge in [0.25, 0.3) is 5.91 Å². The molecule has 0 fully saturated rings. The van der Waals surface area contributed by atoms with Crippen LogP contribution in [-0.2, 0) is 14.3 Å². The van der Waals surface area contributed by atoms with Gasteiger partial charge in [-0.25, -0.2) is 9.59 Å². The molecule has 3 amide bonds. The van der Waals surface area contributed by atoms with Crippen LogP contribution in [0.3, 0.4) is 0 Å². The van der Waals surface area contributed by atoms with Gasteiger partial charge in [-0.2, -0.15) is 0 Å². The van der Waals surface area contributed by atoms with E-state index in [9.17, 15) is 14.4 Å². The zero-order valence-electron chi connectivity index (χ0n) is 15.8. The number of benzene rings is 1. The molecule has 8 heteroatoms. The Kier molecular flexibility index (Phi) is 9.42. The Balaban J connectivity index is 2.73. The maximum absolute atomic E-state index is 11.8. The SMILES string of the molecule is CCCCOc1ccc(/C=C/C(=O)OC(C)C(=O)NC(N)=O)cc1OCC. The minimum Gasteiger partial charge on any atom is -0.490 e. The molecule has 1 unspecified atom stereocenters. The van der Waals surface area contributed by atoms with Gasteiger partial charge < -0.3 is 19.9 Å². The number of nitrogens with two attached hydrogens (primary N) is 1. The van der Waals surface area contributed by atoms with E-state index in [-0.39, 0.29) is 0 Å². The lowest BCUT2D eigenvalue weighted by molar-refractivity contribution is -0.149. The molecular formula is C19H26N2O6. The summed E-state index contributed by atoms with van der Waals surface area (Å²) in [5.41, 5.74) is 5.54. The number of primary amides is 1. The number of carbonyl (C=O) groups is 3. The molecule has 0 spiro atoms. The second-order valence-electron chi connectivity index (χ2n) is 5.61. The molecule has 0 radical (unpaired) electrons. The number of nitrogens with one attached hydrogen (secondary N) is 1. The zero-order valence-corrected chi connectivity index (χ0v) is 15.8. The minimum atomic E-state index is -1.15. The summed E-state index contributed by atoms with van der Waals surface area (Å²) in [5.74, 6) is -0.306. The van der Waals surface area contributed by atoms with Crippen molar-refractivity contribution in [1.82, 2.24) is 5.32 Å². The van der Waals surface area contributed by atoms with Crippen molar-refractivity contribution < 1.29 is 28.6 Å². The van der Waals surface area contributed by atoms with E-state index in [1.165, 1.54) is 19.1 Å². The monoisotopic (exact) mass is 378 g/mol. The topological polar surface area (TPSA) is 117 Å². The Hall–Kier alpha value is -3.03. The maximum atomic E-state index is 11.8. The fraction of sp³-hybridized carbons (Fsp3) is 0.421. The van der Waals surface area contributed by atoms with Crippen LogP contribution in [0.4, 0.5) is 4.79 Å². The number of imide groups is 1. The molecule has 0 saturated heterocycles. The summed E-state index contributed by atoms with van der Waals surface area (Å²) in [4.78, 5) is 33.9. The van der Waals surface area contributed by atoms with Crippen LogP contribution in [0.2, 0.25) is 0 Å². The first-order valence-electron chi connectivity index (χ1n) is 8.76. The summed E-state index contributed by atoms with van der Waals surface area (Å²) < 4.78 is 16.2. The first-order valence-corrected chi connectivity index (χ1v) is 8.76. The molecule has 27 heavy (non-hydrogen) atoms. The van der Waals surface area contributed by atoms with E-state index in [4.69, 9.17) is 19.9 Å². The largest absolute Gasteiger partial charge is 0.490 e. The van der Waals surface area contributed by atoms with E-state index >= 15 is 0 Å². The molecule has 0 aliphatic heterocycles. The smallest absolute Gasteiger partial charge is 0.331 e. The van der Waals surface area contributed by atoms with Crippen molar-refractivity contribution in [3.05, 3.63) is 29.8 Å². The van der Waals surface area contributed by atoms with Crippen molar-refractivity contribution in [2.75, 3.05) is 13.2 Å². The van der Waals surface area contributed by atoms with Crippen molar-refractivity contribution in [3.63, 3.8) is 0 Å². The van der Waals surface area contributed by atoms with Crippen molar-refractivity contribution in [1.29, 1.82) is 0 Å². The van der Waals surface area contributed by atoms with Gasteiger partial charge in [0.05, 0.1) is 13.2 Å². The molecular weight excluding hydrogens is 352 g/mol. The van der Waals surface area contributed by atoms with E-state index in [1.54, 1.807) is 18.2 Å². The Morgan fingerprint density at radius 1 is 1.19 bits per heavy atom. The highest BCUT2D eigenvalue weighted by Crippen LogP contribution is 2.29. The van der Waals surface area contributed by atoms with Gasteiger partial charge in [0.15, 0.2) is 17.6 Å². The molecule has 1 aromatic rings. The van der Waals surface area contributed by atoms with Crippen LogP contribution in [0, 0.1) is 0 Å². The number of ether oxygens (including phenoxy) is 3. The third kappa shape index (κ3) is 8.26. The number of amides is 3. The van der Waals surface area contributed by atoms with Crippen molar-refractivity contribution in [2.45, 2.75) is 39.7 Å². The molecule has 8 nitrogen and oxygen atoms in total. The highest BCUT2D eigenvalue weighted by atomic mass is 16.5. The van der Waals surface area contributed by atoms with E-state index < -0.39 is 24.0 Å². The molecule has 0 heterocycles. The van der Waals surface area contributed by atoms with Gasteiger partial charge in [-0.1, -0.05) is 19.4 Å². The Bertz CT molecular complexity index is 687. The average Bonchev–Trinajstić information content (AvgIpc) is 2.61. The fourth-order valence-corrected chi connectivity index (χ4v) is 2.00. The number of urea groups is 1. The molecule has 1 aromatic carbocycles. The molecule has 0 aliphatic rings. The van der Waals surface area contributed by atoms with Gasteiger partial charge in [0.2, 0.25) is 0 Å². The van der Waals surface area contributed by atoms with Gasteiger partial charge in [0.1, 0.15) is 0 Å². The molecule has 3 N–H and O–H groups in total. The molecule has 0 aliphatic carbocycles. The Morgan fingerprint density at radius 3 is 2.56 bits per heavy atom. The van der Waals surface area contributed by atoms with Crippen LogP contribution in [0.25, 0.3) is 6.08 Å². The highest BCUT2D eigenvalue weighted by molar-refractivity contribution is 5.97. The van der Waals surface area contributed by atoms with Crippen LogP contribution in [0.5, 0.6) is 11.5 Å². The third-order valence-electron chi connectivity index (χ3n) is 3.34. The molecule has 1 atom stereocenters. The van der Waals surface area contributed by atoms with E-state index in [2.05, 4.69) is 6.92 Å². The summed E-state index contributed by atoms with van der Waals surface area (Å²) in [7, 11) is 0. The zero-order chi connectivity index (χ0) is 20.2. The number of hydrogen-bond donors (Lipinski definition) is 2. The normalized spacial score (nSPS) is 11.7. The molecule has 148 valence electrons. The van der Waals surface area contributed by atoms with Gasteiger partial charge in [-0.15, -0.1) is 0 Å². The summed E-state index contributed by atoms with van der Waals surface area (Å²) in [6, 6.07) is 4.28. The van der Waals surface area contributed by atoms with Crippen LogP contribution in [-0.4, -0.2) is 37.2 Å². The number of hydrogen-bond acceptors (Lipinski definition) is 6. The second kappa shape index (κ2) is 11.6. The van der Waals surface area contributed by atoms with Gasteiger partial charge in [0, 0.05) is 6.08 Å². The molecule has 1 rings (SSSR count). The summed E-state index contributed by atoms with van der Waals surface area (Å²) in [6.45, 7) is 6.36. The maximum Gasteiger partial charge on any atom is 0.331 e. The van der Waals surface area contributed by atoms with E-state index in [0.29, 0.717) is 30.3 Å². The Labute approximate surface area is 158 Å². The van der Waals surface area contributed by atoms with Crippen LogP contribution < -0.4 is 20.5 Å². The van der Waals surface area contributed by atoms with Crippen LogP contribution in [0.15, 0.2) is 24.3 Å². The third-order valence-corrected chi connectivity index (χ3v) is 3.34. The second-order valence-corrected chi connectivity index (χ2v) is 5.61. The first kappa shape index (κ1) is 22.0. The van der Waals surface area contributed by atoms with Crippen LogP contribution in [0.1, 0.15) is 39.2 Å². The van der Waals surface area contributed by atoms with Crippen molar-refractivity contribution >= 4 is 24.0 Å². The number of rotatable bonds is 10. The number of carbonyl (C=O) groups excluding carboxylic acids is 3. The molecule has 0 bridgehead atoms. The summed E-state index contributed by atoms with van der Waals surface area (Å²) in [6.07, 6.45) is 3.53. The number of unbranched alkanes of at least 4 members (excludes halogenated alkanes) is 1. The lowest BCUT2D eigenvalue weighted by Crippen LogP contribution is -2.42. The number of esters is 1. The van der Waals surface area contributed by atoms with Crippen molar-refractivity contribution in [2.24, 2.45) is 5.73 Å². The van der Waals surface area contributed by atoms with Crippen molar-refractivity contribution in [3.8, 4) is 11.5 Å². The van der Waals surface area contributed by atoms with Gasteiger partial charge in [-0.05, 0) is 44.0 Å². The lowest BCUT2D eigenvalue weighted by atomic mass is 10.2. The van der Waals surface area contributed by atoms with E-state index in [1.807, 2.05) is 12.2 Å². The highest BCUT2D eigenvalue weighted by Gasteiger charge is 2.17. The lowest BCUT2D eigenvalue weighted by Gasteiger charge is -2.12.